The highest BCUT2D eigenvalue weighted by molar-refractivity contribution is 7.85. The van der Waals surface area contributed by atoms with Gasteiger partial charge in [-0.15, -0.1) is 0 Å². The van der Waals surface area contributed by atoms with Crippen LogP contribution in [0.5, 0.6) is 0 Å². The maximum atomic E-state index is 12.0. The highest BCUT2D eigenvalue weighted by atomic mass is 32.2. The molecule has 0 bridgehead atoms. The molecule has 32 heavy (non-hydrogen) atoms. The molecule has 1 aliphatic carbocycles. The number of aliphatic carboxylic acids is 1. The Balaban J connectivity index is 2.74. The summed E-state index contributed by atoms with van der Waals surface area (Å²) in [6.07, 6.45) is 14.1. The summed E-state index contributed by atoms with van der Waals surface area (Å²) in [6, 6.07) is -1.41. The van der Waals surface area contributed by atoms with Crippen molar-refractivity contribution in [3.63, 3.8) is 0 Å². The number of carboxylic acid groups (broad SMARTS) is 1. The van der Waals surface area contributed by atoms with Crippen LogP contribution < -0.4 is 5.32 Å². The third-order valence-electron chi connectivity index (χ3n) is 5.41. The molecule has 0 unspecified atom stereocenters. The Bertz CT molecular complexity index is 964. The number of allylic oxidation sites excluding steroid dienone is 9. The molecule has 0 aromatic rings. The molecule has 3 N–H and O–H groups in total. The smallest absolute Gasteiger partial charge is 0.326 e. The summed E-state index contributed by atoms with van der Waals surface area (Å²) < 4.78 is 30.3. The molecule has 1 rings (SSSR count). The van der Waals surface area contributed by atoms with Gasteiger partial charge in [-0.05, 0) is 63.0 Å². The molecule has 0 fully saturated rings. The minimum Gasteiger partial charge on any atom is -0.480 e. The maximum absolute atomic E-state index is 12.0. The Kier molecular flexibility index (Phi) is 10.3. The molecule has 0 aromatic carbocycles. The topological polar surface area (TPSA) is 121 Å². The maximum Gasteiger partial charge on any atom is 0.326 e. The average molecular weight is 466 g/mol. The van der Waals surface area contributed by atoms with Gasteiger partial charge in [0.05, 0.1) is 5.75 Å². The van der Waals surface area contributed by atoms with Crippen LogP contribution in [0, 0.1) is 5.41 Å². The van der Waals surface area contributed by atoms with Crippen molar-refractivity contribution in [1.82, 2.24) is 5.32 Å². The number of hydrogen-bond acceptors (Lipinski definition) is 4. The number of nitrogens with one attached hydrogen (secondary N) is 1. The fraction of sp³-hybridized carbons (Fsp3) is 0.500. The van der Waals surface area contributed by atoms with Crippen molar-refractivity contribution in [3.05, 3.63) is 58.7 Å². The lowest BCUT2D eigenvalue weighted by atomic mass is 9.72. The van der Waals surface area contributed by atoms with Crippen LogP contribution >= 0.6 is 0 Å². The van der Waals surface area contributed by atoms with Crippen molar-refractivity contribution in [2.24, 2.45) is 5.41 Å². The van der Waals surface area contributed by atoms with Crippen molar-refractivity contribution in [3.8, 4) is 0 Å². The van der Waals surface area contributed by atoms with E-state index in [1.54, 1.807) is 19.1 Å². The van der Waals surface area contributed by atoms with E-state index in [1.807, 2.05) is 13.0 Å². The van der Waals surface area contributed by atoms with Crippen molar-refractivity contribution in [1.29, 1.82) is 0 Å². The average Bonchev–Trinajstić information content (AvgIpc) is 2.63. The van der Waals surface area contributed by atoms with Gasteiger partial charge in [-0.2, -0.15) is 8.42 Å². The van der Waals surface area contributed by atoms with E-state index in [4.69, 9.17) is 9.66 Å². The Labute approximate surface area is 191 Å². The van der Waals surface area contributed by atoms with E-state index in [1.165, 1.54) is 30.1 Å². The molecular formula is C24H35NO6S. The highest BCUT2D eigenvalue weighted by Crippen LogP contribution is 2.40. The fourth-order valence-corrected chi connectivity index (χ4v) is 4.16. The van der Waals surface area contributed by atoms with E-state index in [9.17, 15) is 18.0 Å². The molecule has 7 nitrogen and oxygen atoms in total. The van der Waals surface area contributed by atoms with E-state index < -0.39 is 40.2 Å². The Morgan fingerprint density at radius 3 is 2.41 bits per heavy atom. The van der Waals surface area contributed by atoms with Gasteiger partial charge in [-0.3, -0.25) is 9.35 Å². The molecule has 0 aromatic heterocycles. The van der Waals surface area contributed by atoms with Crippen LogP contribution in [0.2, 0.25) is 0 Å². The third kappa shape index (κ3) is 10.2. The Hall–Kier alpha value is -2.45. The van der Waals surface area contributed by atoms with Crippen LogP contribution in [0.1, 0.15) is 60.3 Å². The first-order valence-corrected chi connectivity index (χ1v) is 12.2. The molecule has 0 saturated carbocycles. The van der Waals surface area contributed by atoms with Gasteiger partial charge < -0.3 is 10.4 Å². The van der Waals surface area contributed by atoms with Gasteiger partial charge in [0, 0.05) is 6.08 Å². The van der Waals surface area contributed by atoms with Crippen molar-refractivity contribution < 1.29 is 27.7 Å². The SMILES string of the molecule is CC(C=CC1=C(C)CCCC1(C)C)=CC=CC(C)=CC(=O)N[C@@H](CCS(=O)(=O)O)C(=O)O. The summed E-state index contributed by atoms with van der Waals surface area (Å²) in [6.45, 7) is 10.4. The monoisotopic (exact) mass is 465 g/mol. The summed E-state index contributed by atoms with van der Waals surface area (Å²) in [4.78, 5) is 23.2. The molecule has 178 valence electrons. The second-order valence-electron chi connectivity index (χ2n) is 8.90. The number of carboxylic acids is 1. The lowest BCUT2D eigenvalue weighted by Crippen LogP contribution is -2.41. The van der Waals surface area contributed by atoms with Gasteiger partial charge in [0.1, 0.15) is 6.04 Å². The molecule has 1 atom stereocenters. The molecule has 1 amide bonds. The Morgan fingerprint density at radius 1 is 1.19 bits per heavy atom. The zero-order valence-corrected chi connectivity index (χ0v) is 20.3. The predicted octanol–water partition coefficient (Wildman–Crippen LogP) is 4.37. The first kappa shape index (κ1) is 27.6. The van der Waals surface area contributed by atoms with E-state index in [0.29, 0.717) is 5.57 Å². The van der Waals surface area contributed by atoms with E-state index in [-0.39, 0.29) is 5.41 Å². The zero-order valence-electron chi connectivity index (χ0n) is 19.5. The van der Waals surface area contributed by atoms with E-state index >= 15 is 0 Å². The van der Waals surface area contributed by atoms with Crippen LogP contribution in [-0.4, -0.2) is 41.7 Å². The molecule has 1 aliphatic rings. The largest absolute Gasteiger partial charge is 0.480 e. The van der Waals surface area contributed by atoms with Crippen LogP contribution in [0.3, 0.4) is 0 Å². The standard InChI is InChI=1S/C24H35NO6S/c1-17(11-12-20-19(3)10-7-14-24(20,4)5)8-6-9-18(2)16-22(26)25-21(23(27)28)13-15-32(29,30)31/h6,8-9,11-12,16,21H,7,10,13-15H2,1-5H3,(H,25,26)(H,27,28)(H,29,30,31)/t21-/m0/s1. The molecule has 8 heteroatoms. The summed E-state index contributed by atoms with van der Waals surface area (Å²) in [5.74, 6) is -2.78. The molecule has 0 spiro atoms. The number of hydrogen-bond donors (Lipinski definition) is 3. The number of carbonyl (C=O) groups is 2. The number of amides is 1. The van der Waals surface area contributed by atoms with Crippen LogP contribution in [0.15, 0.2) is 58.7 Å². The zero-order chi connectivity index (χ0) is 24.5. The second-order valence-corrected chi connectivity index (χ2v) is 10.5. The van der Waals surface area contributed by atoms with Crippen LogP contribution in [0.25, 0.3) is 0 Å². The second kappa shape index (κ2) is 12.0. The van der Waals surface area contributed by atoms with Gasteiger partial charge in [0.2, 0.25) is 5.91 Å². The lowest BCUT2D eigenvalue weighted by molar-refractivity contribution is -0.141. The van der Waals surface area contributed by atoms with Crippen molar-refractivity contribution in [2.45, 2.75) is 66.3 Å². The third-order valence-corrected chi connectivity index (χ3v) is 6.16. The summed E-state index contributed by atoms with van der Waals surface area (Å²) in [5.41, 5.74) is 4.64. The first-order chi connectivity index (χ1) is 14.7. The van der Waals surface area contributed by atoms with Crippen LogP contribution in [0.4, 0.5) is 0 Å². The molecule has 0 heterocycles. The number of carbonyl (C=O) groups excluding carboxylic acids is 1. The molecular weight excluding hydrogens is 430 g/mol. The summed E-state index contributed by atoms with van der Waals surface area (Å²) >= 11 is 0. The van der Waals surface area contributed by atoms with Crippen molar-refractivity contribution in [2.75, 3.05) is 5.75 Å². The van der Waals surface area contributed by atoms with Crippen molar-refractivity contribution >= 4 is 22.0 Å². The van der Waals surface area contributed by atoms with Gasteiger partial charge in [0.15, 0.2) is 0 Å². The fourth-order valence-electron chi connectivity index (χ4n) is 3.62. The predicted molar refractivity (Wildman–Crippen MR) is 127 cm³/mol. The molecule has 0 aliphatic heterocycles. The quantitative estimate of drug-likeness (QED) is 0.250. The lowest BCUT2D eigenvalue weighted by Gasteiger charge is -2.32. The van der Waals surface area contributed by atoms with Crippen LogP contribution in [-0.2, 0) is 19.7 Å². The normalized spacial score (nSPS) is 18.9. The first-order valence-electron chi connectivity index (χ1n) is 10.6. The van der Waals surface area contributed by atoms with E-state index in [2.05, 4.69) is 38.2 Å². The van der Waals surface area contributed by atoms with Gasteiger partial charge in [0.25, 0.3) is 10.1 Å². The molecule has 0 saturated heterocycles. The van der Waals surface area contributed by atoms with E-state index in [0.717, 1.165) is 12.0 Å². The summed E-state index contributed by atoms with van der Waals surface area (Å²) in [7, 11) is -4.31. The molecule has 0 radical (unpaired) electrons. The highest BCUT2D eigenvalue weighted by Gasteiger charge is 2.26. The minimum atomic E-state index is -4.31. The number of rotatable bonds is 10. The Morgan fingerprint density at radius 2 is 1.84 bits per heavy atom. The van der Waals surface area contributed by atoms with Gasteiger partial charge >= 0.3 is 5.97 Å². The van der Waals surface area contributed by atoms with Gasteiger partial charge in [-0.25, -0.2) is 4.79 Å². The minimum absolute atomic E-state index is 0.177. The van der Waals surface area contributed by atoms with Gasteiger partial charge in [-0.1, -0.05) is 55.4 Å². The summed E-state index contributed by atoms with van der Waals surface area (Å²) in [5, 5.41) is 11.3.